The molecular formula is C18H15F9N2O2. The van der Waals surface area contributed by atoms with E-state index in [2.05, 4.69) is 4.98 Å². The number of ether oxygens (including phenoxy) is 1. The first kappa shape index (κ1) is 24.5. The highest BCUT2D eigenvalue weighted by atomic mass is 19.4. The molecule has 1 heterocycles. The van der Waals surface area contributed by atoms with E-state index < -0.39 is 71.5 Å². The van der Waals surface area contributed by atoms with Gasteiger partial charge < -0.3 is 9.64 Å². The predicted molar refractivity (Wildman–Crippen MR) is 91.5 cm³/mol. The topological polar surface area (TPSA) is 42.4 Å². The van der Waals surface area contributed by atoms with Crippen molar-refractivity contribution in [2.45, 2.75) is 32.4 Å². The molecule has 0 spiro atoms. The van der Waals surface area contributed by atoms with Crippen molar-refractivity contribution < 1.29 is 49.0 Å². The molecule has 0 aliphatic carbocycles. The van der Waals surface area contributed by atoms with Crippen LogP contribution in [-0.2, 0) is 11.0 Å². The van der Waals surface area contributed by atoms with Crippen molar-refractivity contribution >= 4 is 22.6 Å². The van der Waals surface area contributed by atoms with Crippen molar-refractivity contribution in [3.63, 3.8) is 0 Å². The van der Waals surface area contributed by atoms with Crippen molar-refractivity contribution in [1.29, 1.82) is 0 Å². The zero-order chi connectivity index (χ0) is 23.8. The normalized spacial score (nSPS) is 13.0. The first-order chi connectivity index (χ1) is 14.0. The second-order valence-electron chi connectivity index (χ2n) is 6.87. The van der Waals surface area contributed by atoms with Crippen LogP contribution in [0.4, 0.5) is 45.2 Å². The number of alkyl halides is 9. The molecule has 0 saturated carbocycles. The number of fused-ring (bicyclic) bond motifs is 1. The molecule has 31 heavy (non-hydrogen) atoms. The van der Waals surface area contributed by atoms with Crippen LogP contribution in [0.25, 0.3) is 10.9 Å². The van der Waals surface area contributed by atoms with Gasteiger partial charge in [0.25, 0.3) is 0 Å². The fraction of sp³-hybridized carbons (Fsp3) is 0.444. The fourth-order valence-electron chi connectivity index (χ4n) is 2.57. The van der Waals surface area contributed by atoms with Crippen LogP contribution in [0.1, 0.15) is 19.4 Å². The van der Waals surface area contributed by atoms with Gasteiger partial charge in [0.1, 0.15) is 13.1 Å². The van der Waals surface area contributed by atoms with Gasteiger partial charge in [0.2, 0.25) is 5.88 Å². The van der Waals surface area contributed by atoms with E-state index in [-0.39, 0.29) is 4.90 Å². The Morgan fingerprint density at radius 3 is 1.97 bits per heavy atom. The summed E-state index contributed by atoms with van der Waals surface area (Å²) in [5, 5.41) is -0.747. The number of anilines is 1. The van der Waals surface area contributed by atoms with Gasteiger partial charge in [-0.15, -0.1) is 0 Å². The Balaban J connectivity index is 2.62. The molecule has 0 aliphatic heterocycles. The summed E-state index contributed by atoms with van der Waals surface area (Å²) in [7, 11) is 0. The lowest BCUT2D eigenvalue weighted by Crippen LogP contribution is -2.40. The summed E-state index contributed by atoms with van der Waals surface area (Å²) in [5.41, 5.74) is -2.59. The molecule has 0 radical (unpaired) electrons. The van der Waals surface area contributed by atoms with E-state index >= 15 is 0 Å². The number of halogens is 9. The lowest BCUT2D eigenvalue weighted by atomic mass is 10.1. The molecule has 1 aromatic carbocycles. The maximum absolute atomic E-state index is 13.5. The molecule has 0 N–H and O–H groups in total. The third-order valence-corrected chi connectivity index (χ3v) is 3.86. The van der Waals surface area contributed by atoms with Gasteiger partial charge in [-0.1, -0.05) is 13.8 Å². The number of rotatable bonds is 5. The van der Waals surface area contributed by atoms with Gasteiger partial charge in [-0.2, -0.15) is 39.5 Å². The molecule has 0 bridgehead atoms. The van der Waals surface area contributed by atoms with Gasteiger partial charge in [0.15, 0.2) is 0 Å². The van der Waals surface area contributed by atoms with Crippen molar-refractivity contribution in [3.05, 3.63) is 29.8 Å². The molecule has 13 heteroatoms. The van der Waals surface area contributed by atoms with E-state index in [0.717, 1.165) is 12.1 Å². The van der Waals surface area contributed by atoms with Crippen LogP contribution >= 0.6 is 0 Å². The molecule has 0 saturated heterocycles. The summed E-state index contributed by atoms with van der Waals surface area (Å²) in [4.78, 5) is 15.2. The van der Waals surface area contributed by atoms with Crippen LogP contribution in [0.5, 0.6) is 5.88 Å². The number of nitrogens with zero attached hydrogens (tertiary/aromatic N) is 2. The van der Waals surface area contributed by atoms with E-state index in [1.54, 1.807) is 0 Å². The standard InChI is InChI=1S/C18H15F9N2O2/c1-9(2)15(30)31-14-6-12(18(25,26)27)11-5-10(3-4-13(11)28-14)29(7-16(19,20)21)8-17(22,23)24/h3-6,9H,7-8H2,1-2H3. The van der Waals surface area contributed by atoms with E-state index in [1.807, 2.05) is 0 Å². The lowest BCUT2D eigenvalue weighted by molar-refractivity contribution is -0.140. The monoisotopic (exact) mass is 462 g/mol. The van der Waals surface area contributed by atoms with Crippen molar-refractivity contribution in [2.75, 3.05) is 18.0 Å². The number of pyridine rings is 1. The number of aromatic nitrogens is 1. The second-order valence-corrected chi connectivity index (χ2v) is 6.87. The first-order valence-corrected chi connectivity index (χ1v) is 8.58. The van der Waals surface area contributed by atoms with E-state index in [4.69, 9.17) is 4.74 Å². The summed E-state index contributed by atoms with van der Waals surface area (Å²) >= 11 is 0. The average molecular weight is 462 g/mol. The molecule has 1 aromatic heterocycles. The molecule has 0 unspecified atom stereocenters. The van der Waals surface area contributed by atoms with Crippen LogP contribution in [0, 0.1) is 5.92 Å². The Morgan fingerprint density at radius 1 is 0.968 bits per heavy atom. The van der Waals surface area contributed by atoms with Gasteiger partial charge in [-0.25, -0.2) is 4.98 Å². The highest BCUT2D eigenvalue weighted by Gasteiger charge is 2.38. The first-order valence-electron chi connectivity index (χ1n) is 8.58. The van der Waals surface area contributed by atoms with Crippen LogP contribution in [0.15, 0.2) is 24.3 Å². The smallest absolute Gasteiger partial charge is 0.407 e. The van der Waals surface area contributed by atoms with Gasteiger partial charge in [0, 0.05) is 17.1 Å². The quantitative estimate of drug-likeness (QED) is 0.420. The average Bonchev–Trinajstić information content (AvgIpc) is 2.56. The van der Waals surface area contributed by atoms with E-state index in [0.29, 0.717) is 12.1 Å². The summed E-state index contributed by atoms with van der Waals surface area (Å²) in [6, 6.07) is 2.51. The lowest BCUT2D eigenvalue weighted by Gasteiger charge is -2.27. The van der Waals surface area contributed by atoms with E-state index in [1.165, 1.54) is 13.8 Å². The number of carbonyl (C=O) groups is 1. The predicted octanol–water partition coefficient (Wildman–Crippen LogP) is 5.75. The summed E-state index contributed by atoms with van der Waals surface area (Å²) in [5.74, 6) is -2.26. The molecule has 4 nitrogen and oxygen atoms in total. The highest BCUT2D eigenvalue weighted by Crippen LogP contribution is 2.38. The summed E-state index contributed by atoms with van der Waals surface area (Å²) < 4.78 is 122. The van der Waals surface area contributed by atoms with Crippen molar-refractivity contribution in [1.82, 2.24) is 4.98 Å². The molecule has 0 fully saturated rings. The van der Waals surface area contributed by atoms with Gasteiger partial charge in [-0.05, 0) is 18.2 Å². The molecule has 172 valence electrons. The molecule has 0 aliphatic rings. The molecule has 2 rings (SSSR count). The minimum Gasteiger partial charge on any atom is -0.407 e. The van der Waals surface area contributed by atoms with Gasteiger partial charge in [-0.3, -0.25) is 4.79 Å². The number of carbonyl (C=O) groups excluding carboxylic acids is 1. The molecular weight excluding hydrogens is 447 g/mol. The number of hydrogen-bond donors (Lipinski definition) is 0. The minimum atomic E-state index is -5.06. The SMILES string of the molecule is CC(C)C(=O)Oc1cc(C(F)(F)F)c2cc(N(CC(F)(F)F)CC(F)(F)F)ccc2n1. The fourth-order valence-corrected chi connectivity index (χ4v) is 2.57. The second kappa shape index (κ2) is 8.42. The van der Waals surface area contributed by atoms with Gasteiger partial charge in [0.05, 0.1) is 17.0 Å². The zero-order valence-corrected chi connectivity index (χ0v) is 15.9. The van der Waals surface area contributed by atoms with Crippen LogP contribution in [0.2, 0.25) is 0 Å². The Kier molecular flexibility index (Phi) is 6.67. The largest absolute Gasteiger partial charge is 0.417 e. The molecule has 0 atom stereocenters. The third kappa shape index (κ3) is 6.89. The zero-order valence-electron chi connectivity index (χ0n) is 15.9. The maximum atomic E-state index is 13.5. The van der Waals surface area contributed by atoms with Crippen molar-refractivity contribution in [3.8, 4) is 5.88 Å². The minimum absolute atomic E-state index is 0.133. The summed E-state index contributed by atoms with van der Waals surface area (Å²) in [6.07, 6.45) is -15.1. The maximum Gasteiger partial charge on any atom is 0.417 e. The highest BCUT2D eigenvalue weighted by molar-refractivity contribution is 5.87. The van der Waals surface area contributed by atoms with Crippen LogP contribution in [-0.4, -0.2) is 36.4 Å². The van der Waals surface area contributed by atoms with Crippen LogP contribution in [0.3, 0.4) is 0 Å². The van der Waals surface area contributed by atoms with Crippen molar-refractivity contribution in [2.24, 2.45) is 5.92 Å². The van der Waals surface area contributed by atoms with Gasteiger partial charge >= 0.3 is 24.5 Å². The summed E-state index contributed by atoms with van der Waals surface area (Å²) in [6.45, 7) is -1.21. The molecule has 2 aromatic rings. The number of benzene rings is 1. The Morgan fingerprint density at radius 2 is 1.52 bits per heavy atom. The van der Waals surface area contributed by atoms with Crippen LogP contribution < -0.4 is 9.64 Å². The Hall–Kier alpha value is -2.73. The third-order valence-electron chi connectivity index (χ3n) is 3.86. The molecule has 0 amide bonds. The Bertz CT molecular complexity index is 934. The van der Waals surface area contributed by atoms with E-state index in [9.17, 15) is 44.3 Å². The number of hydrogen-bond acceptors (Lipinski definition) is 4. The number of esters is 1. The Labute approximate surface area is 169 Å².